The van der Waals surface area contributed by atoms with E-state index in [0.29, 0.717) is 6.04 Å². The van der Waals surface area contributed by atoms with Gasteiger partial charge in [-0.1, -0.05) is 17.7 Å². The minimum Gasteiger partial charge on any atom is -0.373 e. The van der Waals surface area contributed by atoms with Crippen molar-refractivity contribution in [2.75, 3.05) is 31.5 Å². The number of likely N-dealkylation sites (tertiary alicyclic amines) is 1. The number of morpholine rings is 1. The predicted octanol–water partition coefficient (Wildman–Crippen LogP) is 3.10. The minimum absolute atomic E-state index is 0.0238. The first-order chi connectivity index (χ1) is 11.5. The van der Waals surface area contributed by atoms with Crippen LogP contribution in [0.15, 0.2) is 24.3 Å². The molecule has 2 amide bonds. The van der Waals surface area contributed by atoms with Gasteiger partial charge in [0.1, 0.15) is 0 Å². The van der Waals surface area contributed by atoms with Crippen LogP contribution in [0.1, 0.15) is 32.3 Å². The van der Waals surface area contributed by atoms with Crippen LogP contribution in [0.25, 0.3) is 0 Å². The lowest BCUT2D eigenvalue weighted by atomic mass is 10.1. The maximum Gasteiger partial charge on any atom is 0.322 e. The minimum atomic E-state index is 0.0238. The van der Waals surface area contributed by atoms with Crippen molar-refractivity contribution in [1.82, 2.24) is 9.80 Å². The van der Waals surface area contributed by atoms with Gasteiger partial charge < -0.3 is 15.0 Å². The fraction of sp³-hybridized carbons (Fsp3) is 0.632. The number of nitrogens with one attached hydrogen (secondary N) is 1. The Balaban J connectivity index is 1.58. The maximum atomic E-state index is 12.7. The van der Waals surface area contributed by atoms with Crippen molar-refractivity contribution < 1.29 is 9.53 Å². The molecule has 1 N–H and O–H groups in total. The van der Waals surface area contributed by atoms with Crippen molar-refractivity contribution in [3.05, 3.63) is 29.8 Å². The Morgan fingerprint density at radius 2 is 1.88 bits per heavy atom. The molecule has 3 rings (SSSR count). The number of carbonyl (C=O) groups excluding carboxylic acids is 1. The lowest BCUT2D eigenvalue weighted by Crippen LogP contribution is -2.51. The van der Waals surface area contributed by atoms with Crippen LogP contribution in [-0.2, 0) is 4.74 Å². The fourth-order valence-electron chi connectivity index (χ4n) is 3.86. The topological polar surface area (TPSA) is 44.8 Å². The zero-order valence-corrected chi connectivity index (χ0v) is 15.0. The second kappa shape index (κ2) is 7.53. The molecule has 2 aliphatic rings. The molecule has 0 saturated carbocycles. The predicted molar refractivity (Wildman–Crippen MR) is 96.4 cm³/mol. The molecule has 0 aliphatic carbocycles. The van der Waals surface area contributed by atoms with Crippen LogP contribution in [-0.4, -0.2) is 60.3 Å². The van der Waals surface area contributed by atoms with Crippen LogP contribution in [0.5, 0.6) is 0 Å². The van der Waals surface area contributed by atoms with Crippen molar-refractivity contribution in [3.63, 3.8) is 0 Å². The third kappa shape index (κ3) is 4.28. The normalized spacial score (nSPS) is 28.1. The van der Waals surface area contributed by atoms with Gasteiger partial charge in [0.05, 0.1) is 12.2 Å². The first-order valence-corrected chi connectivity index (χ1v) is 9.03. The van der Waals surface area contributed by atoms with E-state index in [1.54, 1.807) is 0 Å². The number of anilines is 1. The number of benzene rings is 1. The molecule has 0 bridgehead atoms. The Kier molecular flexibility index (Phi) is 5.41. The second-order valence-electron chi connectivity index (χ2n) is 7.26. The lowest BCUT2D eigenvalue weighted by molar-refractivity contribution is -0.0712. The number of hydrogen-bond acceptors (Lipinski definition) is 3. The second-order valence-corrected chi connectivity index (χ2v) is 7.26. The number of ether oxygens (including phenoxy) is 1. The molecule has 5 nitrogen and oxygen atoms in total. The Labute approximate surface area is 145 Å². The number of nitrogens with zero attached hydrogens (tertiary/aromatic N) is 2. The molecule has 5 heteroatoms. The Morgan fingerprint density at radius 1 is 1.21 bits per heavy atom. The van der Waals surface area contributed by atoms with Crippen LogP contribution in [0.2, 0.25) is 0 Å². The van der Waals surface area contributed by atoms with Gasteiger partial charge in [0, 0.05) is 37.9 Å². The molecular formula is C19H29N3O2. The molecule has 24 heavy (non-hydrogen) atoms. The molecular weight excluding hydrogens is 302 g/mol. The number of hydrogen-bond donors (Lipinski definition) is 1. The molecule has 2 saturated heterocycles. The summed E-state index contributed by atoms with van der Waals surface area (Å²) in [5.41, 5.74) is 2.06. The van der Waals surface area contributed by atoms with E-state index >= 15 is 0 Å². The summed E-state index contributed by atoms with van der Waals surface area (Å²) in [4.78, 5) is 17.1. The number of aryl methyl sites for hydroxylation is 1. The highest BCUT2D eigenvalue weighted by molar-refractivity contribution is 5.89. The summed E-state index contributed by atoms with van der Waals surface area (Å²) in [7, 11) is 0. The molecule has 0 radical (unpaired) electrons. The van der Waals surface area contributed by atoms with Gasteiger partial charge in [-0.3, -0.25) is 4.90 Å². The number of rotatable bonds is 3. The van der Waals surface area contributed by atoms with E-state index in [0.717, 1.165) is 44.7 Å². The zero-order valence-electron chi connectivity index (χ0n) is 15.0. The van der Waals surface area contributed by atoms with Crippen molar-refractivity contribution in [3.8, 4) is 0 Å². The lowest BCUT2D eigenvalue weighted by Gasteiger charge is -2.38. The zero-order chi connectivity index (χ0) is 17.1. The first kappa shape index (κ1) is 17.2. The average molecular weight is 331 g/mol. The molecule has 0 unspecified atom stereocenters. The number of carbonyl (C=O) groups is 1. The summed E-state index contributed by atoms with van der Waals surface area (Å²) in [6.45, 7) is 9.99. The van der Waals surface area contributed by atoms with E-state index in [9.17, 15) is 4.79 Å². The molecule has 3 atom stereocenters. The van der Waals surface area contributed by atoms with E-state index in [1.807, 2.05) is 36.1 Å². The summed E-state index contributed by atoms with van der Waals surface area (Å²) in [5, 5.41) is 3.04. The Hall–Kier alpha value is -1.59. The van der Waals surface area contributed by atoms with Gasteiger partial charge in [-0.15, -0.1) is 0 Å². The highest BCUT2D eigenvalue weighted by Crippen LogP contribution is 2.22. The molecule has 0 aromatic heterocycles. The summed E-state index contributed by atoms with van der Waals surface area (Å²) < 4.78 is 5.81. The Bertz CT molecular complexity index is 550. The molecule has 2 fully saturated rings. The summed E-state index contributed by atoms with van der Waals surface area (Å²) in [5.74, 6) is 0. The van der Waals surface area contributed by atoms with Crippen LogP contribution < -0.4 is 5.32 Å². The van der Waals surface area contributed by atoms with E-state index in [4.69, 9.17) is 4.74 Å². The quantitative estimate of drug-likeness (QED) is 0.926. The SMILES string of the molecule is Cc1ccc(NC(=O)N2CCC[C@@H]2CN2C[C@@H](C)O[C@H](C)C2)cc1. The van der Waals surface area contributed by atoms with E-state index in [1.165, 1.54) is 5.56 Å². The van der Waals surface area contributed by atoms with Crippen LogP contribution >= 0.6 is 0 Å². The molecule has 1 aromatic rings. The number of amides is 2. The van der Waals surface area contributed by atoms with Crippen molar-refractivity contribution in [1.29, 1.82) is 0 Å². The van der Waals surface area contributed by atoms with Crippen molar-refractivity contribution >= 4 is 11.7 Å². The Morgan fingerprint density at radius 3 is 2.54 bits per heavy atom. The smallest absolute Gasteiger partial charge is 0.322 e. The molecule has 0 spiro atoms. The van der Waals surface area contributed by atoms with Gasteiger partial charge in [-0.25, -0.2) is 4.79 Å². The third-order valence-electron chi connectivity index (χ3n) is 4.91. The van der Waals surface area contributed by atoms with E-state index in [2.05, 4.69) is 24.1 Å². The third-order valence-corrected chi connectivity index (χ3v) is 4.91. The van der Waals surface area contributed by atoms with Crippen LogP contribution in [0.3, 0.4) is 0 Å². The highest BCUT2D eigenvalue weighted by Gasteiger charge is 2.32. The first-order valence-electron chi connectivity index (χ1n) is 9.03. The summed E-state index contributed by atoms with van der Waals surface area (Å²) >= 11 is 0. The summed E-state index contributed by atoms with van der Waals surface area (Å²) in [6.07, 6.45) is 2.71. The molecule has 2 aliphatic heterocycles. The van der Waals surface area contributed by atoms with Crippen LogP contribution in [0.4, 0.5) is 10.5 Å². The van der Waals surface area contributed by atoms with E-state index < -0.39 is 0 Å². The van der Waals surface area contributed by atoms with Gasteiger partial charge in [-0.05, 0) is 45.7 Å². The van der Waals surface area contributed by atoms with Gasteiger partial charge in [-0.2, -0.15) is 0 Å². The van der Waals surface area contributed by atoms with Gasteiger partial charge in [0.25, 0.3) is 0 Å². The molecule has 132 valence electrons. The molecule has 1 aromatic carbocycles. The van der Waals surface area contributed by atoms with Gasteiger partial charge in [0.2, 0.25) is 0 Å². The van der Waals surface area contributed by atoms with E-state index in [-0.39, 0.29) is 18.2 Å². The maximum absolute atomic E-state index is 12.7. The van der Waals surface area contributed by atoms with Crippen molar-refractivity contribution in [2.45, 2.75) is 51.9 Å². The van der Waals surface area contributed by atoms with Gasteiger partial charge >= 0.3 is 6.03 Å². The summed E-state index contributed by atoms with van der Waals surface area (Å²) in [6, 6.07) is 8.29. The molecule has 2 heterocycles. The number of urea groups is 1. The standard InChI is InChI=1S/C19H29N3O2/c1-14-6-8-17(9-7-14)20-19(23)22-10-4-5-18(22)13-21-11-15(2)24-16(3)12-21/h6-9,15-16,18H,4-5,10-13H2,1-3H3,(H,20,23)/t15-,16-,18-/m1/s1. The van der Waals surface area contributed by atoms with Crippen LogP contribution in [0, 0.1) is 6.92 Å². The highest BCUT2D eigenvalue weighted by atomic mass is 16.5. The average Bonchev–Trinajstić information content (AvgIpc) is 2.96. The van der Waals surface area contributed by atoms with Crippen molar-refractivity contribution in [2.24, 2.45) is 0 Å². The van der Waals surface area contributed by atoms with Gasteiger partial charge in [0.15, 0.2) is 0 Å². The largest absolute Gasteiger partial charge is 0.373 e. The fourth-order valence-corrected chi connectivity index (χ4v) is 3.86. The monoisotopic (exact) mass is 331 g/mol.